The molecule has 2 aromatic rings. The molecule has 6 heteroatoms. The number of methoxy groups -OCH3 is 1. The highest BCUT2D eigenvalue weighted by Gasteiger charge is 2.20. The molecule has 0 spiro atoms. The molecule has 6 nitrogen and oxygen atoms in total. The van der Waals surface area contributed by atoms with Crippen molar-refractivity contribution in [3.63, 3.8) is 0 Å². The van der Waals surface area contributed by atoms with Crippen LogP contribution in [0.3, 0.4) is 0 Å². The lowest BCUT2D eigenvalue weighted by molar-refractivity contribution is -0.119. The summed E-state index contributed by atoms with van der Waals surface area (Å²) in [5.74, 6) is 1.39. The molecule has 0 bridgehead atoms. The second-order valence-electron chi connectivity index (χ2n) is 6.09. The van der Waals surface area contributed by atoms with Gasteiger partial charge in [-0.15, -0.1) is 0 Å². The molecule has 2 N–H and O–H groups in total. The molecule has 1 saturated heterocycles. The van der Waals surface area contributed by atoms with Gasteiger partial charge in [0.15, 0.2) is 0 Å². The highest BCUT2D eigenvalue weighted by Crippen LogP contribution is 2.22. The number of hydrogen-bond donors (Lipinski definition) is 2. The Labute approximate surface area is 147 Å². The largest absolute Gasteiger partial charge is 0.497 e. The number of amides is 1. The number of carbonyl (C=O) groups excluding carboxylic acids is 1. The lowest BCUT2D eigenvalue weighted by Gasteiger charge is -2.31. The van der Waals surface area contributed by atoms with E-state index in [4.69, 9.17) is 10.1 Å². The zero-order valence-corrected chi connectivity index (χ0v) is 14.2. The van der Waals surface area contributed by atoms with E-state index < -0.39 is 0 Å². The summed E-state index contributed by atoms with van der Waals surface area (Å²) in [4.78, 5) is 17.2. The Kier molecular flexibility index (Phi) is 5.28. The summed E-state index contributed by atoms with van der Waals surface area (Å²) in [5.41, 5.74) is 1.89. The molecule has 25 heavy (non-hydrogen) atoms. The fourth-order valence-electron chi connectivity index (χ4n) is 3.07. The summed E-state index contributed by atoms with van der Waals surface area (Å²) in [6, 6.07) is 11.3. The van der Waals surface area contributed by atoms with Gasteiger partial charge in [0.1, 0.15) is 11.6 Å². The number of aromatic nitrogens is 1. The van der Waals surface area contributed by atoms with Crippen LogP contribution in [0.2, 0.25) is 0 Å². The fraction of sp³-hybridized carbons (Fsp3) is 0.316. The van der Waals surface area contributed by atoms with Crippen molar-refractivity contribution in [1.29, 1.82) is 5.41 Å². The van der Waals surface area contributed by atoms with Gasteiger partial charge in [0.25, 0.3) is 0 Å². The first-order chi connectivity index (χ1) is 12.2. The van der Waals surface area contributed by atoms with Crippen molar-refractivity contribution < 1.29 is 9.53 Å². The summed E-state index contributed by atoms with van der Waals surface area (Å²) in [6.45, 7) is 1.46. The minimum absolute atomic E-state index is 0.144. The van der Waals surface area contributed by atoms with Crippen LogP contribution in [0.15, 0.2) is 42.6 Å². The van der Waals surface area contributed by atoms with E-state index >= 15 is 0 Å². The number of benzene rings is 1. The Morgan fingerprint density at radius 3 is 3.08 bits per heavy atom. The van der Waals surface area contributed by atoms with E-state index in [2.05, 4.69) is 10.3 Å². The van der Waals surface area contributed by atoms with Crippen molar-refractivity contribution in [3.05, 3.63) is 53.7 Å². The molecule has 1 aromatic heterocycles. The Morgan fingerprint density at radius 2 is 2.28 bits per heavy atom. The number of likely N-dealkylation sites (tertiary alicyclic amines) is 1. The molecule has 1 unspecified atom stereocenters. The van der Waals surface area contributed by atoms with Gasteiger partial charge in [-0.05, 0) is 37.1 Å². The average Bonchev–Trinajstić information content (AvgIpc) is 2.68. The molecule has 0 aliphatic carbocycles. The third kappa shape index (κ3) is 3.96. The summed E-state index contributed by atoms with van der Waals surface area (Å²) < 4.78 is 5.25. The maximum Gasteiger partial charge on any atom is 0.209 e. The molecule has 1 aromatic carbocycles. The number of carbonyl (C=O) groups is 1. The third-order valence-corrected chi connectivity index (χ3v) is 4.38. The van der Waals surface area contributed by atoms with E-state index in [1.54, 1.807) is 18.2 Å². The van der Waals surface area contributed by atoms with Crippen molar-refractivity contribution >= 4 is 17.9 Å². The molecular weight excluding hydrogens is 316 g/mol. The Hall–Kier alpha value is -2.89. The van der Waals surface area contributed by atoms with Crippen LogP contribution in [0.1, 0.15) is 24.0 Å². The normalized spacial score (nSPS) is 17.0. The summed E-state index contributed by atoms with van der Waals surface area (Å²) in [7, 11) is 1.61. The van der Waals surface area contributed by atoms with Crippen LogP contribution in [-0.2, 0) is 4.79 Å². The monoisotopic (exact) mass is 338 g/mol. The van der Waals surface area contributed by atoms with Crippen LogP contribution in [0.4, 0.5) is 5.82 Å². The van der Waals surface area contributed by atoms with Crippen LogP contribution >= 0.6 is 0 Å². The average molecular weight is 338 g/mol. The van der Waals surface area contributed by atoms with Gasteiger partial charge in [0.2, 0.25) is 6.41 Å². The lowest BCUT2D eigenvalue weighted by Crippen LogP contribution is -2.41. The number of nitrogens with zero attached hydrogens (tertiary/aromatic N) is 2. The molecule has 2 heterocycles. The van der Waals surface area contributed by atoms with Crippen molar-refractivity contribution in [2.45, 2.75) is 18.9 Å². The number of hydrogen-bond acceptors (Lipinski definition) is 5. The molecule has 1 amide bonds. The lowest BCUT2D eigenvalue weighted by atomic mass is 10.0. The molecule has 0 radical (unpaired) electrons. The predicted molar refractivity (Wildman–Crippen MR) is 97.4 cm³/mol. The van der Waals surface area contributed by atoms with Crippen molar-refractivity contribution in [1.82, 2.24) is 9.88 Å². The predicted octanol–water partition coefficient (Wildman–Crippen LogP) is 2.54. The first-order valence-electron chi connectivity index (χ1n) is 8.35. The third-order valence-electron chi connectivity index (χ3n) is 4.38. The molecule has 0 saturated carbocycles. The molecule has 1 atom stereocenters. The van der Waals surface area contributed by atoms with Gasteiger partial charge < -0.3 is 15.0 Å². The number of anilines is 1. The van der Waals surface area contributed by atoms with Gasteiger partial charge >= 0.3 is 0 Å². The summed E-state index contributed by atoms with van der Waals surface area (Å²) in [6.07, 6.45) is 4.55. The smallest absolute Gasteiger partial charge is 0.209 e. The molecule has 3 rings (SSSR count). The van der Waals surface area contributed by atoms with Crippen LogP contribution in [0.5, 0.6) is 5.75 Å². The molecule has 1 aliphatic heterocycles. The maximum atomic E-state index is 11.0. The zero-order chi connectivity index (χ0) is 17.6. The first-order valence-corrected chi connectivity index (χ1v) is 8.35. The van der Waals surface area contributed by atoms with Crippen molar-refractivity contribution in [2.24, 2.45) is 0 Å². The Balaban J connectivity index is 1.82. The van der Waals surface area contributed by atoms with Gasteiger partial charge in [-0.1, -0.05) is 12.1 Å². The summed E-state index contributed by atoms with van der Waals surface area (Å²) in [5, 5.41) is 12.0. The Bertz CT molecular complexity index is 763. The van der Waals surface area contributed by atoms with Crippen LogP contribution in [0.25, 0.3) is 0 Å². The van der Waals surface area contributed by atoms with Crippen LogP contribution in [-0.4, -0.2) is 48.2 Å². The van der Waals surface area contributed by atoms with E-state index in [-0.39, 0.29) is 6.04 Å². The van der Waals surface area contributed by atoms with Crippen LogP contribution in [0, 0.1) is 5.41 Å². The van der Waals surface area contributed by atoms with E-state index in [1.165, 1.54) is 0 Å². The zero-order valence-electron chi connectivity index (χ0n) is 14.2. The van der Waals surface area contributed by atoms with Crippen molar-refractivity contribution in [2.75, 3.05) is 25.5 Å². The van der Waals surface area contributed by atoms with E-state index in [1.807, 2.05) is 36.4 Å². The minimum atomic E-state index is 0.144. The van der Waals surface area contributed by atoms with Gasteiger partial charge in [0.05, 0.1) is 12.8 Å². The van der Waals surface area contributed by atoms with Crippen molar-refractivity contribution in [3.8, 4) is 5.75 Å². The second-order valence-corrected chi connectivity index (χ2v) is 6.09. The van der Waals surface area contributed by atoms with Gasteiger partial charge in [-0.3, -0.25) is 10.2 Å². The van der Waals surface area contributed by atoms with E-state index in [0.29, 0.717) is 18.1 Å². The fourth-order valence-corrected chi connectivity index (χ4v) is 3.07. The molecule has 1 aliphatic rings. The van der Waals surface area contributed by atoms with E-state index in [0.717, 1.165) is 42.7 Å². The molecule has 130 valence electrons. The highest BCUT2D eigenvalue weighted by molar-refractivity contribution is 6.13. The first kappa shape index (κ1) is 17.0. The number of piperidine rings is 1. The second kappa shape index (κ2) is 7.79. The highest BCUT2D eigenvalue weighted by atomic mass is 16.5. The number of ether oxygens (including phenoxy) is 1. The number of nitrogens with one attached hydrogen (secondary N) is 2. The molecular formula is C19H22N4O2. The van der Waals surface area contributed by atoms with Gasteiger partial charge in [-0.2, -0.15) is 0 Å². The number of rotatable bonds is 6. The standard InChI is InChI=1S/C19H22N4O2/c1-25-16-7-2-5-14(11-16)18(20)17-8-3-9-21-19(17)22-15-6-4-10-23(12-15)13-24/h2-3,5,7-9,11,13,15,20H,4,6,10,12H2,1H3,(H,21,22). The number of pyridine rings is 1. The Morgan fingerprint density at radius 1 is 1.40 bits per heavy atom. The SMILES string of the molecule is COc1cccc(C(=N)c2cccnc2NC2CCCN(C=O)C2)c1. The van der Waals surface area contributed by atoms with Gasteiger partial charge in [0, 0.05) is 36.5 Å². The van der Waals surface area contributed by atoms with E-state index in [9.17, 15) is 4.79 Å². The topological polar surface area (TPSA) is 78.3 Å². The maximum absolute atomic E-state index is 11.0. The quantitative estimate of drug-likeness (QED) is 0.627. The van der Waals surface area contributed by atoms with Gasteiger partial charge in [-0.25, -0.2) is 4.98 Å². The van der Waals surface area contributed by atoms with Crippen LogP contribution < -0.4 is 10.1 Å². The molecule has 1 fully saturated rings. The summed E-state index contributed by atoms with van der Waals surface area (Å²) >= 11 is 0. The minimum Gasteiger partial charge on any atom is -0.497 e.